The Balaban J connectivity index is 1.82. The molecule has 0 saturated carbocycles. The number of hydrogen-bond acceptors (Lipinski definition) is 2. The molecule has 0 spiro atoms. The van der Waals surface area contributed by atoms with E-state index >= 15 is 0 Å². The molecule has 3 heteroatoms. The number of benzene rings is 2. The summed E-state index contributed by atoms with van der Waals surface area (Å²) in [7, 11) is 1.99. The highest BCUT2D eigenvalue weighted by Crippen LogP contribution is 2.14. The maximum absolute atomic E-state index is 5.88. The highest BCUT2D eigenvalue weighted by molar-refractivity contribution is 9.10. The van der Waals surface area contributed by atoms with E-state index in [9.17, 15) is 0 Å². The van der Waals surface area contributed by atoms with Crippen molar-refractivity contribution in [3.8, 4) is 0 Å². The zero-order chi connectivity index (χ0) is 14.9. The minimum absolute atomic E-state index is 0.486. The van der Waals surface area contributed by atoms with E-state index in [-0.39, 0.29) is 0 Å². The lowest BCUT2D eigenvalue weighted by Gasteiger charge is -2.17. The summed E-state index contributed by atoms with van der Waals surface area (Å²) in [6.45, 7) is 2.41. The Labute approximate surface area is 135 Å². The standard InChI is InChI=1S/C18H22BrNO/c1-20-12-17(11-15-7-9-18(19)10-8-15)14-21-13-16-5-3-2-4-6-16/h2-10,17,20H,11-14H2,1H3. The van der Waals surface area contributed by atoms with Gasteiger partial charge in [0.1, 0.15) is 0 Å². The topological polar surface area (TPSA) is 21.3 Å². The van der Waals surface area contributed by atoms with Gasteiger partial charge in [-0.05, 0) is 42.6 Å². The van der Waals surface area contributed by atoms with Crippen LogP contribution in [0.15, 0.2) is 59.1 Å². The van der Waals surface area contributed by atoms with Crippen molar-refractivity contribution in [2.45, 2.75) is 13.0 Å². The Kier molecular flexibility index (Phi) is 6.93. The lowest BCUT2D eigenvalue weighted by atomic mass is 10.00. The molecule has 0 aliphatic heterocycles. The van der Waals surface area contributed by atoms with Crippen molar-refractivity contribution in [1.82, 2.24) is 5.32 Å². The van der Waals surface area contributed by atoms with Crippen molar-refractivity contribution in [3.63, 3.8) is 0 Å². The van der Waals surface area contributed by atoms with E-state index in [1.54, 1.807) is 0 Å². The lowest BCUT2D eigenvalue weighted by molar-refractivity contribution is 0.0871. The Morgan fingerprint density at radius 3 is 2.38 bits per heavy atom. The van der Waals surface area contributed by atoms with E-state index in [1.807, 2.05) is 25.2 Å². The molecule has 0 amide bonds. The Morgan fingerprint density at radius 1 is 1.00 bits per heavy atom. The molecule has 2 aromatic rings. The van der Waals surface area contributed by atoms with Crippen molar-refractivity contribution in [3.05, 3.63) is 70.2 Å². The van der Waals surface area contributed by atoms with Crippen LogP contribution in [0, 0.1) is 5.92 Å². The van der Waals surface area contributed by atoms with Gasteiger partial charge in [-0.25, -0.2) is 0 Å². The zero-order valence-corrected chi connectivity index (χ0v) is 14.0. The fraction of sp³-hybridized carbons (Fsp3) is 0.333. The van der Waals surface area contributed by atoms with E-state index < -0.39 is 0 Å². The van der Waals surface area contributed by atoms with Gasteiger partial charge in [0.15, 0.2) is 0 Å². The second kappa shape index (κ2) is 8.98. The fourth-order valence-electron chi connectivity index (χ4n) is 2.35. The maximum atomic E-state index is 5.88. The van der Waals surface area contributed by atoms with Crippen molar-refractivity contribution in [1.29, 1.82) is 0 Å². The average molecular weight is 348 g/mol. The first-order chi connectivity index (χ1) is 10.3. The van der Waals surface area contributed by atoms with Crippen molar-refractivity contribution in [2.24, 2.45) is 5.92 Å². The van der Waals surface area contributed by atoms with Crippen LogP contribution < -0.4 is 5.32 Å². The molecule has 2 nitrogen and oxygen atoms in total. The SMILES string of the molecule is CNCC(COCc1ccccc1)Cc1ccc(Br)cc1. The number of rotatable bonds is 8. The number of nitrogens with one attached hydrogen (secondary N) is 1. The quantitative estimate of drug-likeness (QED) is 0.777. The minimum atomic E-state index is 0.486. The normalized spacial score (nSPS) is 12.3. The first-order valence-electron chi connectivity index (χ1n) is 7.28. The second-order valence-corrected chi connectivity index (χ2v) is 6.17. The van der Waals surface area contributed by atoms with E-state index in [0.717, 1.165) is 24.0 Å². The van der Waals surface area contributed by atoms with Gasteiger partial charge in [0.2, 0.25) is 0 Å². The van der Waals surface area contributed by atoms with Gasteiger partial charge in [-0.1, -0.05) is 58.4 Å². The molecule has 0 heterocycles. The smallest absolute Gasteiger partial charge is 0.0717 e. The fourth-order valence-corrected chi connectivity index (χ4v) is 2.61. The largest absolute Gasteiger partial charge is 0.376 e. The molecule has 1 N–H and O–H groups in total. The highest BCUT2D eigenvalue weighted by atomic mass is 79.9. The summed E-state index contributed by atoms with van der Waals surface area (Å²) in [6.07, 6.45) is 1.03. The van der Waals surface area contributed by atoms with E-state index in [1.165, 1.54) is 11.1 Å². The third-order valence-electron chi connectivity index (χ3n) is 3.40. The summed E-state index contributed by atoms with van der Waals surface area (Å²) in [6, 6.07) is 18.8. The monoisotopic (exact) mass is 347 g/mol. The molecular weight excluding hydrogens is 326 g/mol. The molecule has 2 aromatic carbocycles. The van der Waals surface area contributed by atoms with Gasteiger partial charge in [0.25, 0.3) is 0 Å². The van der Waals surface area contributed by atoms with Crippen molar-refractivity contribution in [2.75, 3.05) is 20.2 Å². The molecule has 0 fully saturated rings. The number of halogens is 1. The molecule has 1 atom stereocenters. The molecule has 1 unspecified atom stereocenters. The van der Waals surface area contributed by atoms with Gasteiger partial charge >= 0.3 is 0 Å². The molecule has 0 saturated heterocycles. The second-order valence-electron chi connectivity index (χ2n) is 5.26. The van der Waals surface area contributed by atoms with Crippen LogP contribution in [0.5, 0.6) is 0 Å². The summed E-state index contributed by atoms with van der Waals surface area (Å²) in [5, 5.41) is 3.26. The van der Waals surface area contributed by atoms with Gasteiger partial charge in [0.05, 0.1) is 13.2 Å². The van der Waals surface area contributed by atoms with E-state index in [0.29, 0.717) is 12.5 Å². The third kappa shape index (κ3) is 6.00. The minimum Gasteiger partial charge on any atom is -0.376 e. The molecule has 0 aromatic heterocycles. The predicted octanol–water partition coefficient (Wildman–Crippen LogP) is 4.04. The predicted molar refractivity (Wildman–Crippen MR) is 91.4 cm³/mol. The summed E-state index contributed by atoms with van der Waals surface area (Å²) in [5.41, 5.74) is 2.58. The average Bonchev–Trinajstić information content (AvgIpc) is 2.51. The summed E-state index contributed by atoms with van der Waals surface area (Å²) >= 11 is 3.47. The Hall–Kier alpha value is -1.16. The number of hydrogen-bond donors (Lipinski definition) is 1. The lowest BCUT2D eigenvalue weighted by Crippen LogP contribution is -2.25. The van der Waals surface area contributed by atoms with Crippen LogP contribution >= 0.6 is 15.9 Å². The third-order valence-corrected chi connectivity index (χ3v) is 3.92. The van der Waals surface area contributed by atoms with Gasteiger partial charge in [-0.2, -0.15) is 0 Å². The van der Waals surface area contributed by atoms with Gasteiger partial charge in [0, 0.05) is 11.0 Å². The molecule has 0 aliphatic rings. The van der Waals surface area contributed by atoms with Crippen LogP contribution in [0.2, 0.25) is 0 Å². The molecule has 112 valence electrons. The zero-order valence-electron chi connectivity index (χ0n) is 12.4. The molecule has 21 heavy (non-hydrogen) atoms. The van der Waals surface area contributed by atoms with Crippen LogP contribution in [-0.4, -0.2) is 20.2 Å². The van der Waals surface area contributed by atoms with Crippen LogP contribution in [0.1, 0.15) is 11.1 Å². The Morgan fingerprint density at radius 2 is 1.71 bits per heavy atom. The summed E-state index contributed by atoms with van der Waals surface area (Å²) in [4.78, 5) is 0. The molecule has 0 aliphatic carbocycles. The van der Waals surface area contributed by atoms with Crippen LogP contribution in [0.4, 0.5) is 0 Å². The van der Waals surface area contributed by atoms with E-state index in [4.69, 9.17) is 4.74 Å². The van der Waals surface area contributed by atoms with E-state index in [2.05, 4.69) is 57.6 Å². The first-order valence-corrected chi connectivity index (χ1v) is 8.08. The van der Waals surface area contributed by atoms with Crippen molar-refractivity contribution >= 4 is 15.9 Å². The van der Waals surface area contributed by atoms with Crippen LogP contribution in [-0.2, 0) is 17.8 Å². The van der Waals surface area contributed by atoms with Gasteiger partial charge in [-0.15, -0.1) is 0 Å². The molecular formula is C18H22BrNO. The molecule has 0 bridgehead atoms. The summed E-state index contributed by atoms with van der Waals surface area (Å²) < 4.78 is 7.00. The van der Waals surface area contributed by atoms with Crippen LogP contribution in [0.25, 0.3) is 0 Å². The molecule has 0 radical (unpaired) electrons. The maximum Gasteiger partial charge on any atom is 0.0717 e. The summed E-state index contributed by atoms with van der Waals surface area (Å²) in [5.74, 6) is 0.486. The van der Waals surface area contributed by atoms with Crippen LogP contribution in [0.3, 0.4) is 0 Å². The number of ether oxygens (including phenoxy) is 1. The van der Waals surface area contributed by atoms with Gasteiger partial charge < -0.3 is 10.1 Å². The highest BCUT2D eigenvalue weighted by Gasteiger charge is 2.09. The van der Waals surface area contributed by atoms with Gasteiger partial charge in [-0.3, -0.25) is 0 Å². The Bertz CT molecular complexity index is 513. The first kappa shape index (κ1) is 16.2. The molecule has 2 rings (SSSR count). The van der Waals surface area contributed by atoms with Crippen molar-refractivity contribution < 1.29 is 4.74 Å².